The van der Waals surface area contributed by atoms with Gasteiger partial charge in [-0.2, -0.15) is 0 Å². The van der Waals surface area contributed by atoms with E-state index in [1.807, 2.05) is 0 Å². The fraction of sp³-hybridized carbons (Fsp3) is 0.0625. The lowest BCUT2D eigenvalue weighted by atomic mass is 9.83. The van der Waals surface area contributed by atoms with Crippen molar-refractivity contribution in [3.8, 4) is 0 Å². The number of aromatic carboxylic acids is 2. The van der Waals surface area contributed by atoms with Crippen molar-refractivity contribution in [2.24, 2.45) is 0 Å². The van der Waals surface area contributed by atoms with Gasteiger partial charge in [0.15, 0.2) is 5.78 Å². The first-order valence-electron chi connectivity index (χ1n) is 6.24. The Balaban J connectivity index is 2.12. The fourth-order valence-electron chi connectivity index (χ4n) is 2.52. The number of carbonyl (C=O) groups excluding carboxylic acids is 1. The van der Waals surface area contributed by atoms with Crippen LogP contribution in [0, 0.1) is 0 Å². The number of ketones is 1. The molecule has 2 N–H and O–H groups in total. The molecule has 0 fully saturated rings. The first-order chi connectivity index (χ1) is 9.97. The Kier molecular flexibility index (Phi) is 2.83. The molecule has 0 heterocycles. The summed E-state index contributed by atoms with van der Waals surface area (Å²) in [7, 11) is 0. The quantitative estimate of drug-likeness (QED) is 0.752. The van der Waals surface area contributed by atoms with Crippen molar-refractivity contribution in [2.45, 2.75) is 6.42 Å². The molecule has 5 heteroatoms. The molecule has 0 bridgehead atoms. The predicted molar refractivity (Wildman–Crippen MR) is 73.0 cm³/mol. The highest BCUT2D eigenvalue weighted by Crippen LogP contribution is 2.28. The fourth-order valence-corrected chi connectivity index (χ4v) is 2.52. The molecule has 0 aliphatic heterocycles. The van der Waals surface area contributed by atoms with E-state index in [1.165, 1.54) is 30.3 Å². The smallest absolute Gasteiger partial charge is 0.335 e. The standard InChI is InChI=1S/C16H10O5/c17-14-12-4-3-9(15(18)19)6-11(12)5-8-1-2-10(16(20)21)7-13(8)14/h1-4,6-7H,5H2,(H,18,19)(H,20,21). The van der Waals surface area contributed by atoms with Crippen LogP contribution >= 0.6 is 0 Å². The van der Waals surface area contributed by atoms with Crippen LogP contribution < -0.4 is 0 Å². The third kappa shape index (κ3) is 2.08. The molecule has 5 nitrogen and oxygen atoms in total. The van der Waals surface area contributed by atoms with E-state index in [1.54, 1.807) is 6.07 Å². The van der Waals surface area contributed by atoms with Crippen molar-refractivity contribution >= 4 is 17.7 Å². The van der Waals surface area contributed by atoms with Crippen LogP contribution in [0.4, 0.5) is 0 Å². The molecule has 1 aliphatic carbocycles. The van der Waals surface area contributed by atoms with Gasteiger partial charge in [0.1, 0.15) is 0 Å². The Hall–Kier alpha value is -2.95. The van der Waals surface area contributed by atoms with Gasteiger partial charge in [-0.3, -0.25) is 4.79 Å². The second kappa shape index (κ2) is 4.56. The summed E-state index contributed by atoms with van der Waals surface area (Å²) in [4.78, 5) is 34.4. The first-order valence-corrected chi connectivity index (χ1v) is 6.24. The van der Waals surface area contributed by atoms with Crippen molar-refractivity contribution < 1.29 is 24.6 Å². The molecule has 0 saturated carbocycles. The molecule has 1 aliphatic rings. The van der Waals surface area contributed by atoms with Crippen molar-refractivity contribution in [2.75, 3.05) is 0 Å². The van der Waals surface area contributed by atoms with Crippen molar-refractivity contribution in [1.29, 1.82) is 0 Å². The van der Waals surface area contributed by atoms with E-state index in [0.29, 0.717) is 28.7 Å². The SMILES string of the molecule is O=C(O)c1ccc2c(c1)Cc1ccc(C(=O)O)cc1C2=O. The zero-order valence-electron chi connectivity index (χ0n) is 10.8. The van der Waals surface area contributed by atoms with Gasteiger partial charge in [0.2, 0.25) is 0 Å². The Morgan fingerprint density at radius 1 is 0.810 bits per heavy atom. The molecule has 0 atom stereocenters. The third-order valence-electron chi connectivity index (χ3n) is 3.58. The summed E-state index contributed by atoms with van der Waals surface area (Å²) < 4.78 is 0. The van der Waals surface area contributed by atoms with Gasteiger partial charge in [-0.1, -0.05) is 6.07 Å². The summed E-state index contributed by atoms with van der Waals surface area (Å²) in [5, 5.41) is 18.0. The van der Waals surface area contributed by atoms with E-state index < -0.39 is 11.9 Å². The zero-order chi connectivity index (χ0) is 15.1. The number of carboxylic acids is 2. The number of fused-ring (bicyclic) bond motifs is 2. The molecule has 0 spiro atoms. The molecule has 0 amide bonds. The highest BCUT2D eigenvalue weighted by molar-refractivity contribution is 6.13. The van der Waals surface area contributed by atoms with Crippen LogP contribution in [0.25, 0.3) is 0 Å². The summed E-state index contributed by atoms with van der Waals surface area (Å²) in [5.74, 6) is -2.40. The second-order valence-electron chi connectivity index (χ2n) is 4.86. The largest absolute Gasteiger partial charge is 0.478 e. The molecule has 2 aromatic rings. The third-order valence-corrected chi connectivity index (χ3v) is 3.58. The van der Waals surface area contributed by atoms with E-state index in [2.05, 4.69) is 0 Å². The van der Waals surface area contributed by atoms with Gasteiger partial charge in [0.05, 0.1) is 11.1 Å². The Labute approximate surface area is 119 Å². The zero-order valence-corrected chi connectivity index (χ0v) is 10.8. The van der Waals surface area contributed by atoms with Gasteiger partial charge in [-0.25, -0.2) is 9.59 Å². The molecule has 0 radical (unpaired) electrons. The van der Waals surface area contributed by atoms with Crippen LogP contribution in [0.15, 0.2) is 36.4 Å². The van der Waals surface area contributed by atoms with Crippen LogP contribution in [-0.4, -0.2) is 27.9 Å². The molecular formula is C16H10O5. The Morgan fingerprint density at radius 3 is 2.10 bits per heavy atom. The van der Waals surface area contributed by atoms with Gasteiger partial charge in [-0.05, 0) is 47.9 Å². The summed E-state index contributed by atoms with van der Waals surface area (Å²) >= 11 is 0. The van der Waals surface area contributed by atoms with Gasteiger partial charge < -0.3 is 10.2 Å². The van der Waals surface area contributed by atoms with E-state index in [9.17, 15) is 14.4 Å². The molecule has 0 saturated heterocycles. The maximum Gasteiger partial charge on any atom is 0.335 e. The van der Waals surface area contributed by atoms with Crippen LogP contribution in [0.2, 0.25) is 0 Å². The van der Waals surface area contributed by atoms with Crippen LogP contribution in [0.1, 0.15) is 47.8 Å². The maximum atomic E-state index is 12.4. The number of hydrogen-bond acceptors (Lipinski definition) is 3. The number of rotatable bonds is 2. The minimum absolute atomic E-state index is 0.0627. The second-order valence-corrected chi connectivity index (χ2v) is 4.86. The summed E-state index contributed by atoms with van der Waals surface area (Å²) in [6.07, 6.45) is 0.414. The monoisotopic (exact) mass is 282 g/mol. The number of carboxylic acid groups (broad SMARTS) is 2. The van der Waals surface area contributed by atoms with E-state index in [4.69, 9.17) is 10.2 Å². The average Bonchev–Trinajstić information content (AvgIpc) is 2.46. The number of carbonyl (C=O) groups is 3. The summed E-state index contributed by atoms with van der Waals surface area (Å²) in [5.41, 5.74) is 2.34. The molecule has 2 aromatic carbocycles. The highest BCUT2D eigenvalue weighted by atomic mass is 16.4. The molecule has 3 rings (SSSR count). The summed E-state index contributed by atoms with van der Waals surface area (Å²) in [6, 6.07) is 8.77. The molecule has 0 unspecified atom stereocenters. The lowest BCUT2D eigenvalue weighted by Gasteiger charge is -2.19. The van der Waals surface area contributed by atoms with Crippen molar-refractivity contribution in [3.05, 3.63) is 69.8 Å². The van der Waals surface area contributed by atoms with Crippen LogP contribution in [0.5, 0.6) is 0 Å². The number of hydrogen-bond donors (Lipinski definition) is 2. The molecule has 104 valence electrons. The predicted octanol–water partition coefficient (Wildman–Crippen LogP) is 2.22. The average molecular weight is 282 g/mol. The highest BCUT2D eigenvalue weighted by Gasteiger charge is 2.25. The van der Waals surface area contributed by atoms with Crippen LogP contribution in [0.3, 0.4) is 0 Å². The Bertz CT molecular complexity index is 804. The summed E-state index contributed by atoms with van der Waals surface area (Å²) in [6.45, 7) is 0. The van der Waals surface area contributed by atoms with Gasteiger partial charge in [-0.15, -0.1) is 0 Å². The minimum Gasteiger partial charge on any atom is -0.478 e. The molecule has 21 heavy (non-hydrogen) atoms. The van der Waals surface area contributed by atoms with Crippen molar-refractivity contribution in [1.82, 2.24) is 0 Å². The lowest BCUT2D eigenvalue weighted by Crippen LogP contribution is -2.17. The molecule has 0 aromatic heterocycles. The minimum atomic E-state index is -1.09. The van der Waals surface area contributed by atoms with Crippen molar-refractivity contribution in [3.63, 3.8) is 0 Å². The number of benzene rings is 2. The Morgan fingerprint density at radius 2 is 1.43 bits per heavy atom. The van der Waals surface area contributed by atoms with E-state index >= 15 is 0 Å². The van der Waals surface area contributed by atoms with Gasteiger partial charge in [0, 0.05) is 11.1 Å². The van der Waals surface area contributed by atoms with Gasteiger partial charge >= 0.3 is 11.9 Å². The molecular weight excluding hydrogens is 272 g/mol. The normalized spacial score (nSPS) is 12.5. The van der Waals surface area contributed by atoms with Crippen LogP contribution in [-0.2, 0) is 6.42 Å². The van der Waals surface area contributed by atoms with E-state index in [0.717, 1.165) is 0 Å². The van der Waals surface area contributed by atoms with Gasteiger partial charge in [0.25, 0.3) is 0 Å². The first kappa shape index (κ1) is 13.1. The maximum absolute atomic E-state index is 12.4. The topological polar surface area (TPSA) is 91.7 Å². The lowest BCUT2D eigenvalue weighted by molar-refractivity contribution is 0.0685. The van der Waals surface area contributed by atoms with E-state index in [-0.39, 0.29) is 16.9 Å².